The minimum absolute atomic E-state index is 0.132. The quantitative estimate of drug-likeness (QED) is 0.241. The number of aliphatic hydroxyl groups is 1. The van der Waals surface area contributed by atoms with Gasteiger partial charge in [0.15, 0.2) is 0 Å². The number of amides is 1. The summed E-state index contributed by atoms with van der Waals surface area (Å²) in [5.41, 5.74) is 1.42. The van der Waals surface area contributed by atoms with Crippen molar-refractivity contribution in [2.75, 3.05) is 46.0 Å². The van der Waals surface area contributed by atoms with Crippen molar-refractivity contribution in [3.8, 4) is 5.75 Å². The first kappa shape index (κ1) is 24.9. The second kappa shape index (κ2) is 12.0. The Kier molecular flexibility index (Phi) is 8.55. The van der Waals surface area contributed by atoms with Crippen molar-refractivity contribution in [2.24, 2.45) is 0 Å². The Labute approximate surface area is 206 Å². The van der Waals surface area contributed by atoms with Gasteiger partial charge in [-0.1, -0.05) is 55.8 Å². The highest BCUT2D eigenvalue weighted by Gasteiger charge is 2.45. The first-order valence-corrected chi connectivity index (χ1v) is 12.5. The Hall–Kier alpha value is -3.16. The maximum Gasteiger partial charge on any atom is 0.295 e. The molecule has 186 valence electrons. The van der Waals surface area contributed by atoms with Gasteiger partial charge in [-0.15, -0.1) is 0 Å². The van der Waals surface area contributed by atoms with E-state index in [1.165, 1.54) is 0 Å². The van der Waals surface area contributed by atoms with Gasteiger partial charge in [-0.3, -0.25) is 14.5 Å². The van der Waals surface area contributed by atoms with Crippen molar-refractivity contribution in [3.05, 3.63) is 71.3 Å². The Bertz CT molecular complexity index is 1030. The fourth-order valence-corrected chi connectivity index (χ4v) is 4.58. The molecule has 1 N–H and O–H groups in total. The highest BCUT2D eigenvalue weighted by atomic mass is 16.5. The fraction of sp³-hybridized carbons (Fsp3) is 0.429. The molecule has 2 aliphatic rings. The van der Waals surface area contributed by atoms with E-state index in [4.69, 9.17) is 9.47 Å². The van der Waals surface area contributed by atoms with Crippen LogP contribution in [0.25, 0.3) is 5.76 Å². The number of hydrogen-bond donors (Lipinski definition) is 1. The van der Waals surface area contributed by atoms with E-state index < -0.39 is 17.7 Å². The van der Waals surface area contributed by atoms with Crippen LogP contribution in [-0.4, -0.2) is 72.6 Å². The van der Waals surface area contributed by atoms with Crippen LogP contribution < -0.4 is 4.74 Å². The molecule has 1 unspecified atom stereocenters. The number of ketones is 1. The lowest BCUT2D eigenvalue weighted by Gasteiger charge is -2.29. The van der Waals surface area contributed by atoms with Crippen LogP contribution in [0.4, 0.5) is 0 Å². The summed E-state index contributed by atoms with van der Waals surface area (Å²) in [5, 5.41) is 11.1. The predicted molar refractivity (Wildman–Crippen MR) is 134 cm³/mol. The van der Waals surface area contributed by atoms with Crippen LogP contribution in [0.1, 0.15) is 43.4 Å². The minimum atomic E-state index is -0.649. The maximum absolute atomic E-state index is 13.2. The molecule has 2 aromatic rings. The molecule has 2 aliphatic heterocycles. The molecule has 2 heterocycles. The third-order valence-electron chi connectivity index (χ3n) is 6.53. The van der Waals surface area contributed by atoms with Crippen LogP contribution in [0.3, 0.4) is 0 Å². The van der Waals surface area contributed by atoms with Crippen molar-refractivity contribution in [2.45, 2.75) is 32.2 Å². The van der Waals surface area contributed by atoms with E-state index in [1.807, 2.05) is 30.3 Å². The molecular weight excluding hydrogens is 444 g/mol. The lowest BCUT2D eigenvalue weighted by atomic mass is 9.95. The number of likely N-dealkylation sites (tertiary alicyclic amines) is 1. The van der Waals surface area contributed by atoms with Gasteiger partial charge in [0, 0.05) is 31.7 Å². The summed E-state index contributed by atoms with van der Waals surface area (Å²) >= 11 is 0. The van der Waals surface area contributed by atoms with Gasteiger partial charge in [0.1, 0.15) is 11.5 Å². The topological polar surface area (TPSA) is 79.3 Å². The van der Waals surface area contributed by atoms with Crippen molar-refractivity contribution in [1.82, 2.24) is 9.80 Å². The number of nitrogens with zero attached hydrogens (tertiary/aromatic N) is 2. The summed E-state index contributed by atoms with van der Waals surface area (Å²) < 4.78 is 11.2. The first-order chi connectivity index (χ1) is 17.1. The van der Waals surface area contributed by atoms with Crippen LogP contribution in [0, 0.1) is 0 Å². The number of unbranched alkanes of at least 4 members (excludes halogenated alkanes) is 1. The molecule has 35 heavy (non-hydrogen) atoms. The van der Waals surface area contributed by atoms with Gasteiger partial charge >= 0.3 is 0 Å². The average Bonchev–Trinajstić information content (AvgIpc) is 3.15. The molecule has 2 aromatic carbocycles. The summed E-state index contributed by atoms with van der Waals surface area (Å²) in [6.45, 7) is 7.17. The number of Topliss-reactive ketones (excluding diaryl/α,β-unsaturated/α-hetero) is 1. The summed E-state index contributed by atoms with van der Waals surface area (Å²) in [6.07, 6.45) is 2.76. The van der Waals surface area contributed by atoms with E-state index in [1.54, 1.807) is 29.2 Å². The van der Waals surface area contributed by atoms with Crippen LogP contribution in [-0.2, 0) is 14.3 Å². The Morgan fingerprint density at radius 2 is 1.71 bits per heavy atom. The molecule has 0 spiro atoms. The van der Waals surface area contributed by atoms with Gasteiger partial charge < -0.3 is 19.5 Å². The number of morpholine rings is 1. The van der Waals surface area contributed by atoms with E-state index in [0.717, 1.165) is 50.2 Å². The van der Waals surface area contributed by atoms with Crippen molar-refractivity contribution < 1.29 is 24.2 Å². The van der Waals surface area contributed by atoms with Crippen LogP contribution in [0.2, 0.25) is 0 Å². The molecule has 0 aromatic heterocycles. The SMILES string of the molecule is CCCCOc1ccc(C2/C(=C(\O)c3ccccc3)C(=O)C(=O)N2CCCN2CCOCC2)cc1. The molecule has 0 bridgehead atoms. The van der Waals surface area contributed by atoms with Crippen LogP contribution in [0.5, 0.6) is 5.75 Å². The third kappa shape index (κ3) is 5.92. The number of carbonyl (C=O) groups is 2. The van der Waals surface area contributed by atoms with E-state index in [9.17, 15) is 14.7 Å². The van der Waals surface area contributed by atoms with Gasteiger partial charge in [0.05, 0.1) is 31.4 Å². The number of carbonyl (C=O) groups excluding carboxylic acids is 2. The molecule has 7 nitrogen and oxygen atoms in total. The lowest BCUT2D eigenvalue weighted by molar-refractivity contribution is -0.140. The first-order valence-electron chi connectivity index (χ1n) is 12.5. The van der Waals surface area contributed by atoms with E-state index in [2.05, 4.69) is 11.8 Å². The van der Waals surface area contributed by atoms with Gasteiger partial charge in [0.2, 0.25) is 0 Å². The smallest absolute Gasteiger partial charge is 0.295 e. The van der Waals surface area contributed by atoms with Crippen molar-refractivity contribution in [3.63, 3.8) is 0 Å². The molecule has 2 fully saturated rings. The monoisotopic (exact) mass is 478 g/mol. The zero-order chi connectivity index (χ0) is 24.6. The largest absolute Gasteiger partial charge is 0.507 e. The molecule has 1 amide bonds. The fourth-order valence-electron chi connectivity index (χ4n) is 4.58. The van der Waals surface area contributed by atoms with E-state index in [0.29, 0.717) is 31.9 Å². The molecule has 0 radical (unpaired) electrons. The molecule has 2 saturated heterocycles. The van der Waals surface area contributed by atoms with Gasteiger partial charge in [-0.05, 0) is 30.5 Å². The van der Waals surface area contributed by atoms with Crippen molar-refractivity contribution in [1.29, 1.82) is 0 Å². The van der Waals surface area contributed by atoms with Crippen LogP contribution >= 0.6 is 0 Å². The summed E-state index contributed by atoms with van der Waals surface area (Å²) in [4.78, 5) is 30.2. The summed E-state index contributed by atoms with van der Waals surface area (Å²) in [5.74, 6) is -0.619. The van der Waals surface area contributed by atoms with Gasteiger partial charge in [-0.2, -0.15) is 0 Å². The Balaban J connectivity index is 1.61. The van der Waals surface area contributed by atoms with Gasteiger partial charge in [-0.25, -0.2) is 0 Å². The average molecular weight is 479 g/mol. The number of ether oxygens (including phenoxy) is 2. The third-order valence-corrected chi connectivity index (χ3v) is 6.53. The molecule has 1 atom stereocenters. The number of hydrogen-bond acceptors (Lipinski definition) is 6. The Morgan fingerprint density at radius 3 is 2.40 bits per heavy atom. The molecule has 0 aliphatic carbocycles. The standard InChI is InChI=1S/C28H34N2O5/c1-2-3-18-35-23-12-10-21(11-13-23)25-24(26(31)22-8-5-4-6-9-22)27(32)28(33)30(25)15-7-14-29-16-19-34-20-17-29/h4-6,8-13,25,31H,2-3,7,14-20H2,1H3/b26-24+. The summed E-state index contributed by atoms with van der Waals surface area (Å²) in [7, 11) is 0. The molecule has 7 heteroatoms. The molecule has 0 saturated carbocycles. The summed E-state index contributed by atoms with van der Waals surface area (Å²) in [6, 6.07) is 15.8. The zero-order valence-electron chi connectivity index (χ0n) is 20.3. The normalized spacial score (nSPS) is 20.4. The van der Waals surface area contributed by atoms with E-state index >= 15 is 0 Å². The van der Waals surface area contributed by atoms with E-state index in [-0.39, 0.29) is 11.3 Å². The van der Waals surface area contributed by atoms with Crippen molar-refractivity contribution >= 4 is 17.4 Å². The minimum Gasteiger partial charge on any atom is -0.507 e. The lowest BCUT2D eigenvalue weighted by Crippen LogP contribution is -2.38. The highest BCUT2D eigenvalue weighted by molar-refractivity contribution is 6.46. The number of rotatable bonds is 10. The predicted octanol–water partition coefficient (Wildman–Crippen LogP) is 4.01. The number of benzene rings is 2. The zero-order valence-corrected chi connectivity index (χ0v) is 20.3. The van der Waals surface area contributed by atoms with Crippen LogP contribution in [0.15, 0.2) is 60.2 Å². The second-order valence-electron chi connectivity index (χ2n) is 8.94. The Morgan fingerprint density at radius 1 is 1.00 bits per heavy atom. The van der Waals surface area contributed by atoms with Gasteiger partial charge in [0.25, 0.3) is 11.7 Å². The molecule has 4 rings (SSSR count). The second-order valence-corrected chi connectivity index (χ2v) is 8.94. The molecular formula is C28H34N2O5. The maximum atomic E-state index is 13.2. The highest BCUT2D eigenvalue weighted by Crippen LogP contribution is 2.39. The number of aliphatic hydroxyl groups excluding tert-OH is 1.